The van der Waals surface area contributed by atoms with Crippen LogP contribution < -0.4 is 5.32 Å². The maximum Gasteiger partial charge on any atom is 0.219 e. The average Bonchev–Trinajstić information content (AvgIpc) is 3.07. The highest BCUT2D eigenvalue weighted by Gasteiger charge is 2.27. The molecule has 6 nitrogen and oxygen atoms in total. The highest BCUT2D eigenvalue weighted by molar-refractivity contribution is 7.15. The number of hydrogen-bond acceptors (Lipinski definition) is 6. The largest absolute Gasteiger partial charge is 0.342 e. The third-order valence-electron chi connectivity index (χ3n) is 3.77. The average molecular weight is 317 g/mol. The van der Waals surface area contributed by atoms with Crippen molar-refractivity contribution in [3.63, 3.8) is 0 Å². The van der Waals surface area contributed by atoms with E-state index < -0.39 is 0 Å². The second-order valence-corrected chi connectivity index (χ2v) is 6.81. The summed E-state index contributed by atoms with van der Waals surface area (Å²) in [4.78, 5) is 27.8. The number of nitrogens with zero attached hydrogens (tertiary/aromatic N) is 4. The summed E-state index contributed by atoms with van der Waals surface area (Å²) >= 11 is 1.60. The number of carbonyl (C=O) groups is 1. The van der Waals surface area contributed by atoms with Gasteiger partial charge >= 0.3 is 0 Å². The van der Waals surface area contributed by atoms with Crippen LogP contribution in [0.25, 0.3) is 0 Å². The molecule has 1 N–H and O–H groups in total. The van der Waals surface area contributed by atoms with Crippen LogP contribution in [-0.2, 0) is 4.79 Å². The minimum Gasteiger partial charge on any atom is -0.342 e. The molecular formula is C15H19N5OS. The quantitative estimate of drug-likeness (QED) is 0.942. The molecule has 1 aliphatic rings. The smallest absolute Gasteiger partial charge is 0.219 e. The van der Waals surface area contributed by atoms with Gasteiger partial charge in [0.05, 0.1) is 5.69 Å². The summed E-state index contributed by atoms with van der Waals surface area (Å²) in [5.74, 6) is 1.90. The molecule has 3 rings (SSSR count). The number of thiazole rings is 1. The molecule has 22 heavy (non-hydrogen) atoms. The van der Waals surface area contributed by atoms with Gasteiger partial charge in [-0.05, 0) is 20.3 Å². The maximum absolute atomic E-state index is 11.5. The summed E-state index contributed by atoms with van der Waals surface area (Å²) in [5, 5.41) is 4.07. The molecule has 0 spiro atoms. The molecule has 2 aromatic heterocycles. The van der Waals surface area contributed by atoms with Crippen LogP contribution in [0.1, 0.15) is 35.7 Å². The van der Waals surface area contributed by atoms with Crippen molar-refractivity contribution in [2.24, 2.45) is 0 Å². The van der Waals surface area contributed by atoms with E-state index in [9.17, 15) is 4.79 Å². The van der Waals surface area contributed by atoms with Crippen LogP contribution in [0.4, 0.5) is 10.9 Å². The van der Waals surface area contributed by atoms with Gasteiger partial charge in [-0.15, -0.1) is 11.3 Å². The maximum atomic E-state index is 11.5. The van der Waals surface area contributed by atoms with E-state index in [1.54, 1.807) is 18.3 Å². The first-order valence-corrected chi connectivity index (χ1v) is 8.13. The van der Waals surface area contributed by atoms with E-state index in [2.05, 4.69) is 20.3 Å². The van der Waals surface area contributed by atoms with E-state index in [0.29, 0.717) is 0 Å². The summed E-state index contributed by atoms with van der Waals surface area (Å²) in [6.45, 7) is 7.07. The van der Waals surface area contributed by atoms with Gasteiger partial charge in [0, 0.05) is 43.1 Å². The third kappa shape index (κ3) is 3.24. The molecule has 2 aromatic rings. The van der Waals surface area contributed by atoms with Crippen LogP contribution in [0, 0.1) is 13.8 Å². The van der Waals surface area contributed by atoms with Crippen LogP contribution >= 0.6 is 11.3 Å². The predicted octanol–water partition coefficient (Wildman–Crippen LogP) is 2.63. The number of rotatable bonds is 3. The van der Waals surface area contributed by atoms with Gasteiger partial charge in [0.2, 0.25) is 5.91 Å². The summed E-state index contributed by atoms with van der Waals surface area (Å²) in [6, 6.07) is 1.97. The summed E-state index contributed by atoms with van der Waals surface area (Å²) in [6.07, 6.45) is 2.79. The van der Waals surface area contributed by atoms with Crippen LogP contribution in [0.2, 0.25) is 0 Å². The van der Waals surface area contributed by atoms with Crippen LogP contribution in [0.5, 0.6) is 0 Å². The highest BCUT2D eigenvalue weighted by Crippen LogP contribution is 2.28. The summed E-state index contributed by atoms with van der Waals surface area (Å²) in [7, 11) is 0. The van der Waals surface area contributed by atoms with E-state index in [1.807, 2.05) is 31.0 Å². The van der Waals surface area contributed by atoms with Gasteiger partial charge in [-0.1, -0.05) is 0 Å². The number of hydrogen-bond donors (Lipinski definition) is 1. The molecule has 7 heteroatoms. The molecule has 1 saturated heterocycles. The lowest BCUT2D eigenvalue weighted by Gasteiger charge is -2.14. The number of carbonyl (C=O) groups excluding carboxylic acids is 1. The molecule has 1 atom stereocenters. The molecule has 0 aliphatic carbocycles. The van der Waals surface area contributed by atoms with Gasteiger partial charge in [-0.3, -0.25) is 4.79 Å². The van der Waals surface area contributed by atoms with Crippen molar-refractivity contribution in [2.45, 2.75) is 33.1 Å². The number of anilines is 2. The van der Waals surface area contributed by atoms with Crippen LogP contribution in [-0.4, -0.2) is 38.8 Å². The van der Waals surface area contributed by atoms with E-state index in [1.165, 1.54) is 0 Å². The number of amides is 1. The minimum atomic E-state index is 0.130. The molecule has 1 unspecified atom stereocenters. The molecule has 3 heterocycles. The van der Waals surface area contributed by atoms with Gasteiger partial charge < -0.3 is 10.2 Å². The fraction of sp³-hybridized carbons (Fsp3) is 0.467. The first-order chi connectivity index (χ1) is 10.5. The van der Waals surface area contributed by atoms with Crippen molar-refractivity contribution in [1.29, 1.82) is 0 Å². The van der Waals surface area contributed by atoms with Crippen molar-refractivity contribution in [2.75, 3.05) is 18.4 Å². The Labute approximate surface area is 133 Å². The zero-order chi connectivity index (χ0) is 15.7. The van der Waals surface area contributed by atoms with Gasteiger partial charge in [0.25, 0.3) is 0 Å². The zero-order valence-corrected chi connectivity index (χ0v) is 13.8. The highest BCUT2D eigenvalue weighted by atomic mass is 32.1. The third-order valence-corrected chi connectivity index (χ3v) is 4.59. The second-order valence-electron chi connectivity index (χ2n) is 5.58. The molecule has 1 aliphatic heterocycles. The second kappa shape index (κ2) is 6.00. The van der Waals surface area contributed by atoms with Crippen molar-refractivity contribution in [3.8, 4) is 0 Å². The molecule has 116 valence electrons. The Morgan fingerprint density at radius 3 is 2.86 bits per heavy atom. The van der Waals surface area contributed by atoms with E-state index >= 15 is 0 Å². The van der Waals surface area contributed by atoms with Crippen molar-refractivity contribution >= 4 is 28.2 Å². The normalized spacial score (nSPS) is 17.8. The Kier molecular flexibility index (Phi) is 4.06. The lowest BCUT2D eigenvalue weighted by atomic mass is 10.0. The minimum absolute atomic E-state index is 0.130. The van der Waals surface area contributed by atoms with Gasteiger partial charge in [-0.25, -0.2) is 15.0 Å². The van der Waals surface area contributed by atoms with Crippen LogP contribution in [0.3, 0.4) is 0 Å². The fourth-order valence-corrected chi connectivity index (χ4v) is 3.35. The van der Waals surface area contributed by atoms with Gasteiger partial charge in [-0.2, -0.15) is 0 Å². The van der Waals surface area contributed by atoms with E-state index in [0.717, 1.165) is 46.9 Å². The lowest BCUT2D eigenvalue weighted by Crippen LogP contribution is -2.25. The Hall–Kier alpha value is -2.02. The van der Waals surface area contributed by atoms with E-state index in [-0.39, 0.29) is 11.8 Å². The molecule has 0 aromatic carbocycles. The number of aromatic nitrogens is 3. The fourth-order valence-electron chi connectivity index (χ4n) is 2.67. The molecule has 1 fully saturated rings. The van der Waals surface area contributed by atoms with Crippen molar-refractivity contribution in [1.82, 2.24) is 19.9 Å². The molecule has 0 bridgehead atoms. The van der Waals surface area contributed by atoms with Gasteiger partial charge in [0.1, 0.15) is 11.6 Å². The van der Waals surface area contributed by atoms with E-state index in [4.69, 9.17) is 0 Å². The zero-order valence-electron chi connectivity index (χ0n) is 13.0. The van der Waals surface area contributed by atoms with Crippen molar-refractivity contribution in [3.05, 3.63) is 28.7 Å². The molecule has 0 radical (unpaired) electrons. The molecule has 0 saturated carbocycles. The van der Waals surface area contributed by atoms with Gasteiger partial charge in [0.15, 0.2) is 5.13 Å². The number of nitrogens with one attached hydrogen (secondary N) is 1. The molecular weight excluding hydrogens is 298 g/mol. The SMILES string of the molecule is CC(=O)N1CCC(c2cc(Nc3ncc(C)s3)nc(C)n2)C1. The Bertz CT molecular complexity index is 699. The first kappa shape index (κ1) is 14.9. The monoisotopic (exact) mass is 317 g/mol. The molecule has 1 amide bonds. The predicted molar refractivity (Wildman–Crippen MR) is 86.5 cm³/mol. The number of likely N-dealkylation sites (tertiary alicyclic amines) is 1. The van der Waals surface area contributed by atoms with Crippen LogP contribution in [0.15, 0.2) is 12.3 Å². The topological polar surface area (TPSA) is 71.0 Å². The summed E-state index contributed by atoms with van der Waals surface area (Å²) < 4.78 is 0. The standard InChI is InChI=1S/C15H19N5OS/c1-9-7-16-15(22-9)19-14-6-13(17-10(2)18-14)12-4-5-20(8-12)11(3)21/h6-7,12H,4-5,8H2,1-3H3,(H,16,17,18,19). The Morgan fingerprint density at radius 1 is 1.41 bits per heavy atom. The summed E-state index contributed by atoms with van der Waals surface area (Å²) in [5.41, 5.74) is 0.993. The Morgan fingerprint density at radius 2 is 2.23 bits per heavy atom. The number of aryl methyl sites for hydroxylation is 2. The lowest BCUT2D eigenvalue weighted by molar-refractivity contribution is -0.127. The Balaban J connectivity index is 1.79. The van der Waals surface area contributed by atoms with Crippen molar-refractivity contribution < 1.29 is 4.79 Å². The first-order valence-electron chi connectivity index (χ1n) is 7.32.